The minimum absolute atomic E-state index is 0. The normalized spacial score (nSPS) is 16.5. The van der Waals surface area contributed by atoms with E-state index in [2.05, 4.69) is 226 Å². The zero-order valence-electron chi connectivity index (χ0n) is 39.7. The van der Waals surface area contributed by atoms with Crippen LogP contribution < -0.4 is 0 Å². The van der Waals surface area contributed by atoms with Crippen molar-refractivity contribution < 1.29 is 25.8 Å². The number of pyridine rings is 1. The summed E-state index contributed by atoms with van der Waals surface area (Å²) in [6.45, 7) is 24.9. The molecule has 1 aliphatic rings. The third-order valence-corrected chi connectivity index (χ3v) is 13.7. The van der Waals surface area contributed by atoms with E-state index >= 15 is 0 Å². The van der Waals surface area contributed by atoms with Crippen LogP contribution in [0.3, 0.4) is 0 Å². The first-order valence-corrected chi connectivity index (χ1v) is 23.1. The Morgan fingerprint density at radius 1 is 0.677 bits per heavy atom. The van der Waals surface area contributed by atoms with Gasteiger partial charge in [0.15, 0.2) is 0 Å². The van der Waals surface area contributed by atoms with Gasteiger partial charge in [0.1, 0.15) is 11.5 Å². The van der Waals surface area contributed by atoms with Crippen molar-refractivity contribution in [2.75, 3.05) is 0 Å². The van der Waals surface area contributed by atoms with E-state index in [0.717, 1.165) is 44.5 Å². The molecule has 0 unspecified atom stereocenters. The minimum Gasteiger partial charge on any atom is -0.512 e. The molecule has 0 radical (unpaired) electrons. The van der Waals surface area contributed by atoms with Gasteiger partial charge in [-0.25, -0.2) is 0 Å². The maximum atomic E-state index is 7.35. The van der Waals surface area contributed by atoms with Crippen LogP contribution in [0.5, 0.6) is 0 Å². The van der Waals surface area contributed by atoms with Gasteiger partial charge in [-0.15, -0.1) is 42.0 Å². The maximum Gasteiger partial charge on any atom is 2.00 e. The Morgan fingerprint density at radius 2 is 1.32 bits per heavy atom. The van der Waals surface area contributed by atoms with Crippen LogP contribution >= 0.6 is 0 Å². The van der Waals surface area contributed by atoms with Crippen molar-refractivity contribution in [3.8, 4) is 28.1 Å². The zero-order valence-corrected chi connectivity index (χ0v) is 42.0. The molecule has 65 heavy (non-hydrogen) atoms. The van der Waals surface area contributed by atoms with Crippen LogP contribution in [0.4, 0.5) is 0 Å². The van der Waals surface area contributed by atoms with Crippen LogP contribution in [0.2, 0.25) is 0 Å². The third kappa shape index (κ3) is 8.56. The third-order valence-electron chi connectivity index (χ3n) is 13.7. The molecule has 0 N–H and O–H groups in total. The molecule has 2 atom stereocenters. The number of ether oxygens (including phenoxy) is 1. The summed E-state index contributed by atoms with van der Waals surface area (Å²) in [6, 6.07) is 56.2. The first-order chi connectivity index (χ1) is 30.6. The summed E-state index contributed by atoms with van der Waals surface area (Å²) in [4.78, 5) is 10.6. The quantitative estimate of drug-likeness (QED) is 0.128. The molecule has 8 aromatic rings. The SMILES string of the molecule is Cc1ccc2c(c1)c1ccc(-c3cc(C(C)(C)C)ccn3)[c-]c1n2-c1[c-]c(C2=N[C@H](C(c3ccccc3)c3ccccc3)[C@@](C)(C(C)C)O2)cc(-c2c(C(C)C)cccc2C(C)C)c1.[Pt+2]. The molecule has 0 spiro atoms. The predicted octanol–water partition coefficient (Wildman–Crippen LogP) is 15.4. The van der Waals surface area contributed by atoms with E-state index in [-0.39, 0.29) is 44.4 Å². The molecule has 5 heteroatoms. The van der Waals surface area contributed by atoms with Gasteiger partial charge in [-0.1, -0.05) is 181 Å². The van der Waals surface area contributed by atoms with E-state index in [1.807, 2.05) is 6.20 Å². The molecule has 3 heterocycles. The monoisotopic (exact) mass is 1030 g/mol. The van der Waals surface area contributed by atoms with Crippen molar-refractivity contribution in [2.45, 2.75) is 111 Å². The van der Waals surface area contributed by atoms with Crippen LogP contribution in [0.25, 0.3) is 49.9 Å². The van der Waals surface area contributed by atoms with Gasteiger partial charge in [0, 0.05) is 17.6 Å². The van der Waals surface area contributed by atoms with E-state index in [1.54, 1.807) is 0 Å². The van der Waals surface area contributed by atoms with Crippen molar-refractivity contribution in [2.24, 2.45) is 10.9 Å². The molecular formula is C60H61N3OPt. The summed E-state index contributed by atoms with van der Waals surface area (Å²) < 4.78 is 9.71. The van der Waals surface area contributed by atoms with Gasteiger partial charge in [0.2, 0.25) is 0 Å². The molecule has 0 aliphatic carbocycles. The Morgan fingerprint density at radius 3 is 1.92 bits per heavy atom. The molecule has 0 saturated heterocycles. The van der Waals surface area contributed by atoms with Gasteiger partial charge in [0.05, 0.1) is 6.04 Å². The van der Waals surface area contributed by atoms with Crippen molar-refractivity contribution in [1.29, 1.82) is 0 Å². The Kier molecular flexibility index (Phi) is 12.7. The molecule has 6 aromatic carbocycles. The number of fused-ring (bicyclic) bond motifs is 3. The van der Waals surface area contributed by atoms with Gasteiger partial charge in [0.25, 0.3) is 0 Å². The zero-order chi connectivity index (χ0) is 45.1. The van der Waals surface area contributed by atoms with E-state index in [0.29, 0.717) is 17.7 Å². The average molecular weight is 1040 g/mol. The first kappa shape index (κ1) is 46.0. The topological polar surface area (TPSA) is 39.4 Å². The molecule has 4 nitrogen and oxygen atoms in total. The molecule has 9 rings (SSSR count). The Bertz CT molecular complexity index is 2960. The first-order valence-electron chi connectivity index (χ1n) is 23.1. The van der Waals surface area contributed by atoms with Crippen LogP contribution in [0, 0.1) is 25.0 Å². The number of benzene rings is 6. The molecule has 0 fully saturated rings. The average Bonchev–Trinajstić information content (AvgIpc) is 3.81. The number of aliphatic imine (C=N–C) groups is 1. The maximum absolute atomic E-state index is 7.35. The van der Waals surface area contributed by atoms with Crippen molar-refractivity contribution in [3.05, 3.63) is 191 Å². The standard InChI is InChI=1S/C60H61N3O.Pt/c1-37(2)48-23-18-24-49(38(3)4)56(48)44-32-45(58-62-57(60(11,64-58)39(5)6)55(41-19-14-12-15-20-41)42-21-16-13-17-22-42)34-47(33-44)63-53-28-25-40(7)31-51(53)50-27-26-43(35-54(50)63)52-36-46(29-30-61-52)59(8,9)10;/h12-33,36-39,55,57H,1-11H3;/q-2;+2/t57-,60-;/m1./s1. The Hall–Kier alpha value is -5.57. The van der Waals surface area contributed by atoms with Crippen LogP contribution in [0.15, 0.2) is 145 Å². The smallest absolute Gasteiger partial charge is 0.512 e. The number of rotatable bonds is 10. The molecule has 0 saturated carbocycles. The number of aryl methyl sites for hydroxylation is 1. The summed E-state index contributed by atoms with van der Waals surface area (Å²) in [5.41, 5.74) is 15.0. The molecule has 1 aliphatic heterocycles. The summed E-state index contributed by atoms with van der Waals surface area (Å²) in [5.74, 6) is 1.37. The van der Waals surface area contributed by atoms with Crippen molar-refractivity contribution in [1.82, 2.24) is 9.55 Å². The fraction of sp³-hybridized carbons (Fsp3) is 0.300. The second kappa shape index (κ2) is 18.0. The molecular weight excluding hydrogens is 974 g/mol. The van der Waals surface area contributed by atoms with Crippen LogP contribution in [0.1, 0.15) is 126 Å². The number of hydrogen-bond donors (Lipinski definition) is 0. The number of aromatic nitrogens is 2. The van der Waals surface area contributed by atoms with Gasteiger partial charge < -0.3 is 14.3 Å². The van der Waals surface area contributed by atoms with Crippen LogP contribution in [-0.2, 0) is 31.2 Å². The second-order valence-corrected chi connectivity index (χ2v) is 20.1. The van der Waals surface area contributed by atoms with E-state index in [1.165, 1.54) is 44.3 Å². The second-order valence-electron chi connectivity index (χ2n) is 20.1. The fourth-order valence-electron chi connectivity index (χ4n) is 9.74. The molecule has 332 valence electrons. The molecule has 0 amide bonds. The van der Waals surface area contributed by atoms with Gasteiger partial charge in [-0.3, -0.25) is 4.99 Å². The van der Waals surface area contributed by atoms with E-state index < -0.39 is 5.60 Å². The fourth-order valence-corrected chi connectivity index (χ4v) is 9.74. The summed E-state index contributed by atoms with van der Waals surface area (Å²) in [5, 5.41) is 2.31. The Balaban J connectivity index is 0.00000576. The van der Waals surface area contributed by atoms with Gasteiger partial charge in [-0.05, 0) is 105 Å². The minimum atomic E-state index is -0.615. The number of nitrogens with zero attached hydrogens (tertiary/aromatic N) is 3. The van der Waals surface area contributed by atoms with Gasteiger partial charge in [-0.2, -0.15) is 0 Å². The summed E-state index contributed by atoms with van der Waals surface area (Å²) in [6.07, 6.45) is 1.93. The van der Waals surface area contributed by atoms with Crippen molar-refractivity contribution in [3.63, 3.8) is 0 Å². The summed E-state index contributed by atoms with van der Waals surface area (Å²) >= 11 is 0. The Labute approximate surface area is 401 Å². The summed E-state index contributed by atoms with van der Waals surface area (Å²) in [7, 11) is 0. The van der Waals surface area contributed by atoms with E-state index in [9.17, 15) is 0 Å². The molecule has 2 aromatic heterocycles. The number of hydrogen-bond acceptors (Lipinski definition) is 3. The molecule has 0 bridgehead atoms. The predicted molar refractivity (Wildman–Crippen MR) is 268 cm³/mol. The van der Waals surface area contributed by atoms with Crippen LogP contribution in [-0.4, -0.2) is 27.1 Å². The largest absolute Gasteiger partial charge is 2.00 e. The van der Waals surface area contributed by atoms with Gasteiger partial charge >= 0.3 is 21.1 Å². The van der Waals surface area contributed by atoms with E-state index in [4.69, 9.17) is 14.7 Å². The van der Waals surface area contributed by atoms with Crippen molar-refractivity contribution >= 4 is 27.7 Å².